The molecule has 0 radical (unpaired) electrons. The number of aromatic nitrogens is 3. The van der Waals surface area contributed by atoms with Crippen LogP contribution in [0.25, 0.3) is 17.1 Å². The molecule has 0 aliphatic heterocycles. The Morgan fingerprint density at radius 3 is 2.56 bits per heavy atom. The van der Waals surface area contributed by atoms with Crippen molar-refractivity contribution in [2.45, 2.75) is 19.7 Å². The minimum Gasteiger partial charge on any atom is -0.454 e. The van der Waals surface area contributed by atoms with E-state index in [2.05, 4.69) is 10.1 Å². The molecular weight excluding hydrogens is 458 g/mol. The van der Waals surface area contributed by atoms with E-state index in [4.69, 9.17) is 9.15 Å². The number of aryl methyl sites for hydroxylation is 1. The number of benzene rings is 2. The quantitative estimate of drug-likeness (QED) is 0.308. The smallest absolute Gasteiger partial charge is 0.416 e. The van der Waals surface area contributed by atoms with E-state index in [0.717, 1.165) is 22.9 Å². The average Bonchev–Trinajstić information content (AvgIpc) is 3.26. The maximum absolute atomic E-state index is 13.1. The number of carbonyl (C=O) groups is 1. The summed E-state index contributed by atoms with van der Waals surface area (Å²) in [5.74, 6) is -1.34. The molecule has 0 amide bonds. The number of oxazole rings is 1. The first-order chi connectivity index (χ1) is 16.1. The van der Waals surface area contributed by atoms with E-state index in [1.165, 1.54) is 49.6 Å². The summed E-state index contributed by atoms with van der Waals surface area (Å²) in [4.78, 5) is 28.9. The summed E-state index contributed by atoms with van der Waals surface area (Å²) in [6, 6.07) is 10.8. The van der Waals surface area contributed by atoms with Crippen LogP contribution >= 0.6 is 0 Å². The molecule has 0 saturated heterocycles. The average molecular weight is 473 g/mol. The van der Waals surface area contributed by atoms with Crippen molar-refractivity contribution in [2.24, 2.45) is 0 Å². The number of carbonyl (C=O) groups excluding carboxylic acids is 1. The summed E-state index contributed by atoms with van der Waals surface area (Å²) in [5, 5.41) is 3.92. The van der Waals surface area contributed by atoms with Crippen LogP contribution in [0.3, 0.4) is 0 Å². The van der Waals surface area contributed by atoms with Crippen molar-refractivity contribution in [1.29, 1.82) is 0 Å². The number of rotatable bonds is 5. The standard InChI is InChI=1S/C23H15F4N3O4/c1-13-9-19(31)20(29-30(13)18-4-2-3-15(10-18)23(25,26)27)22(32)34-12-17-11-33-21(28-17)14-5-7-16(24)8-6-14/h2-11H,12H2,1H3. The van der Waals surface area contributed by atoms with Crippen molar-refractivity contribution < 1.29 is 31.5 Å². The Kier molecular flexibility index (Phi) is 6.01. The molecule has 0 N–H and O–H groups in total. The second-order valence-corrected chi connectivity index (χ2v) is 7.19. The van der Waals surface area contributed by atoms with E-state index in [0.29, 0.717) is 5.56 Å². The molecule has 0 aliphatic carbocycles. The third-order valence-corrected chi connectivity index (χ3v) is 4.71. The van der Waals surface area contributed by atoms with Gasteiger partial charge in [-0.3, -0.25) is 4.79 Å². The van der Waals surface area contributed by atoms with Crippen molar-refractivity contribution in [3.63, 3.8) is 0 Å². The fourth-order valence-corrected chi connectivity index (χ4v) is 3.07. The molecule has 0 aliphatic rings. The van der Waals surface area contributed by atoms with Gasteiger partial charge in [-0.15, -0.1) is 0 Å². The maximum atomic E-state index is 13.1. The van der Waals surface area contributed by atoms with E-state index < -0.39 is 34.6 Å². The minimum atomic E-state index is -4.57. The zero-order valence-corrected chi connectivity index (χ0v) is 17.5. The summed E-state index contributed by atoms with van der Waals surface area (Å²) in [6.07, 6.45) is -3.34. The molecule has 2 heterocycles. The molecule has 4 rings (SSSR count). The molecule has 174 valence electrons. The molecular formula is C23H15F4N3O4. The first-order valence-electron chi connectivity index (χ1n) is 9.78. The molecule has 2 aromatic heterocycles. The van der Waals surface area contributed by atoms with Gasteiger partial charge in [0.05, 0.1) is 11.3 Å². The highest BCUT2D eigenvalue weighted by Crippen LogP contribution is 2.30. The van der Waals surface area contributed by atoms with Gasteiger partial charge < -0.3 is 9.15 Å². The maximum Gasteiger partial charge on any atom is 0.416 e. The molecule has 34 heavy (non-hydrogen) atoms. The van der Waals surface area contributed by atoms with Gasteiger partial charge in [-0.1, -0.05) is 6.07 Å². The highest BCUT2D eigenvalue weighted by atomic mass is 19.4. The molecule has 4 aromatic rings. The Hall–Kier alpha value is -4.28. The molecule has 2 aromatic carbocycles. The Balaban J connectivity index is 1.54. The van der Waals surface area contributed by atoms with Gasteiger partial charge in [-0.25, -0.2) is 18.9 Å². The largest absolute Gasteiger partial charge is 0.454 e. The Labute approximate surface area is 189 Å². The predicted octanol–water partition coefficient (Wildman–Crippen LogP) is 4.71. The Morgan fingerprint density at radius 2 is 1.85 bits per heavy atom. The lowest BCUT2D eigenvalue weighted by Crippen LogP contribution is -2.24. The fraction of sp³-hybridized carbons (Fsp3) is 0.130. The van der Waals surface area contributed by atoms with Gasteiger partial charge >= 0.3 is 12.1 Å². The number of hydrogen-bond donors (Lipinski definition) is 0. The minimum absolute atomic E-state index is 0.0156. The second-order valence-electron chi connectivity index (χ2n) is 7.19. The van der Waals surface area contributed by atoms with Gasteiger partial charge in [-0.05, 0) is 49.4 Å². The first-order valence-corrected chi connectivity index (χ1v) is 9.78. The topological polar surface area (TPSA) is 87.2 Å². The Bertz CT molecular complexity index is 1410. The van der Waals surface area contributed by atoms with Gasteiger partial charge in [0.15, 0.2) is 0 Å². The number of ether oxygens (including phenoxy) is 1. The van der Waals surface area contributed by atoms with Crippen LogP contribution in [0.2, 0.25) is 0 Å². The summed E-state index contributed by atoms with van der Waals surface area (Å²) >= 11 is 0. The van der Waals surface area contributed by atoms with Crippen LogP contribution in [0.15, 0.2) is 70.1 Å². The van der Waals surface area contributed by atoms with E-state index in [1.54, 1.807) is 0 Å². The van der Waals surface area contributed by atoms with E-state index >= 15 is 0 Å². The lowest BCUT2D eigenvalue weighted by Gasteiger charge is -2.13. The number of hydrogen-bond acceptors (Lipinski definition) is 6. The SMILES string of the molecule is Cc1cc(=O)c(C(=O)OCc2coc(-c3ccc(F)cc3)n2)nn1-c1cccc(C(F)(F)F)c1. The zero-order chi connectivity index (χ0) is 24.5. The highest BCUT2D eigenvalue weighted by Gasteiger charge is 2.30. The van der Waals surface area contributed by atoms with E-state index in [1.807, 2.05) is 0 Å². The van der Waals surface area contributed by atoms with Crippen molar-refractivity contribution in [3.05, 3.63) is 99.5 Å². The molecule has 0 spiro atoms. The van der Waals surface area contributed by atoms with Crippen LogP contribution in [0.1, 0.15) is 27.4 Å². The lowest BCUT2D eigenvalue weighted by atomic mass is 10.2. The van der Waals surface area contributed by atoms with Gasteiger partial charge in [0.25, 0.3) is 0 Å². The van der Waals surface area contributed by atoms with Gasteiger partial charge in [0.1, 0.15) is 24.4 Å². The van der Waals surface area contributed by atoms with Crippen LogP contribution in [-0.4, -0.2) is 20.7 Å². The van der Waals surface area contributed by atoms with E-state index in [-0.39, 0.29) is 29.6 Å². The summed E-state index contributed by atoms with van der Waals surface area (Å²) in [7, 11) is 0. The van der Waals surface area contributed by atoms with Crippen molar-refractivity contribution >= 4 is 5.97 Å². The van der Waals surface area contributed by atoms with Crippen molar-refractivity contribution in [3.8, 4) is 17.1 Å². The van der Waals surface area contributed by atoms with E-state index in [9.17, 15) is 27.2 Å². The summed E-state index contributed by atoms with van der Waals surface area (Å²) in [6.45, 7) is 1.11. The summed E-state index contributed by atoms with van der Waals surface area (Å²) in [5.41, 5.74) is -1.30. The predicted molar refractivity (Wildman–Crippen MR) is 111 cm³/mol. The lowest BCUT2D eigenvalue weighted by molar-refractivity contribution is -0.137. The van der Waals surface area contributed by atoms with Crippen LogP contribution in [-0.2, 0) is 17.5 Å². The highest BCUT2D eigenvalue weighted by molar-refractivity contribution is 5.86. The van der Waals surface area contributed by atoms with Crippen molar-refractivity contribution in [2.75, 3.05) is 0 Å². The molecule has 7 nitrogen and oxygen atoms in total. The summed E-state index contributed by atoms with van der Waals surface area (Å²) < 4.78 is 63.7. The molecule has 0 bridgehead atoms. The number of nitrogens with zero attached hydrogens (tertiary/aromatic N) is 3. The monoisotopic (exact) mass is 473 g/mol. The van der Waals surface area contributed by atoms with Gasteiger partial charge in [0, 0.05) is 17.3 Å². The van der Waals surface area contributed by atoms with Gasteiger partial charge in [-0.2, -0.15) is 18.3 Å². The molecule has 11 heteroatoms. The fourth-order valence-electron chi connectivity index (χ4n) is 3.07. The van der Waals surface area contributed by atoms with Crippen LogP contribution in [0, 0.1) is 12.7 Å². The van der Waals surface area contributed by atoms with Crippen LogP contribution in [0.5, 0.6) is 0 Å². The third-order valence-electron chi connectivity index (χ3n) is 4.71. The molecule has 0 unspecified atom stereocenters. The van der Waals surface area contributed by atoms with Crippen LogP contribution < -0.4 is 5.43 Å². The third kappa shape index (κ3) is 4.87. The zero-order valence-electron chi connectivity index (χ0n) is 17.5. The number of alkyl halides is 3. The second kappa shape index (κ2) is 8.93. The molecule has 0 atom stereocenters. The van der Waals surface area contributed by atoms with Crippen molar-refractivity contribution in [1.82, 2.24) is 14.8 Å². The molecule has 0 saturated carbocycles. The number of esters is 1. The molecule has 0 fully saturated rings. The number of halogens is 4. The van der Waals surface area contributed by atoms with Gasteiger partial charge in [0.2, 0.25) is 17.0 Å². The first kappa shape index (κ1) is 22.9. The Morgan fingerprint density at radius 1 is 1.12 bits per heavy atom. The van der Waals surface area contributed by atoms with Crippen LogP contribution in [0.4, 0.5) is 17.6 Å². The normalized spacial score (nSPS) is 11.4.